The van der Waals surface area contributed by atoms with E-state index in [1.165, 1.54) is 0 Å². The first-order chi connectivity index (χ1) is 8.15. The van der Waals surface area contributed by atoms with E-state index < -0.39 is 40.7 Å². The van der Waals surface area contributed by atoms with Crippen molar-refractivity contribution in [1.29, 1.82) is 5.41 Å². The van der Waals surface area contributed by atoms with Crippen LogP contribution in [0.3, 0.4) is 0 Å². The van der Waals surface area contributed by atoms with Crippen molar-refractivity contribution < 1.29 is 30.0 Å². The van der Waals surface area contributed by atoms with E-state index in [0.29, 0.717) is 0 Å². The van der Waals surface area contributed by atoms with Gasteiger partial charge < -0.3 is 25.2 Å². The zero-order valence-corrected chi connectivity index (χ0v) is 11.1. The van der Waals surface area contributed by atoms with E-state index in [4.69, 9.17) is 50.4 Å². The van der Waals surface area contributed by atoms with E-state index in [9.17, 15) is 15.0 Å². The van der Waals surface area contributed by atoms with Gasteiger partial charge in [0.1, 0.15) is 18.3 Å². The summed E-state index contributed by atoms with van der Waals surface area (Å²) in [7, 11) is 0. The van der Waals surface area contributed by atoms with Crippen molar-refractivity contribution in [3.63, 3.8) is 0 Å². The Bertz CT molecular complexity index is 297. The quantitative estimate of drug-likeness (QED) is 0.184. The average Bonchev–Trinajstić information content (AvgIpc) is 2.31. The molecule has 0 saturated heterocycles. The standard InChI is InChI=1S/C8H12Cl3NO6/c9-8(10,11)7(12)18-4(2-14)6(17)5(16)3(15)1-13/h2-6,12-13,15-17H,1H2/t3-,4+,5-,6-/m1/s1. The van der Waals surface area contributed by atoms with E-state index in [0.717, 1.165) is 0 Å². The van der Waals surface area contributed by atoms with Crippen LogP contribution < -0.4 is 0 Å². The number of rotatable bonds is 6. The van der Waals surface area contributed by atoms with Gasteiger partial charge in [-0.05, 0) is 0 Å². The molecule has 0 spiro atoms. The van der Waals surface area contributed by atoms with Gasteiger partial charge in [0, 0.05) is 0 Å². The van der Waals surface area contributed by atoms with Crippen LogP contribution in [0.2, 0.25) is 0 Å². The molecule has 18 heavy (non-hydrogen) atoms. The summed E-state index contributed by atoms with van der Waals surface area (Å²) < 4.78 is 2.32. The predicted octanol–water partition coefficient (Wildman–Crippen LogP) is -1.01. The molecule has 4 atom stereocenters. The summed E-state index contributed by atoms with van der Waals surface area (Å²) in [5.74, 6) is -0.936. The molecule has 7 nitrogen and oxygen atoms in total. The van der Waals surface area contributed by atoms with Crippen molar-refractivity contribution in [2.75, 3.05) is 6.61 Å². The average molecular weight is 325 g/mol. The monoisotopic (exact) mass is 323 g/mol. The number of aliphatic hydroxyl groups excluding tert-OH is 4. The maximum Gasteiger partial charge on any atom is 0.265 e. The van der Waals surface area contributed by atoms with Gasteiger partial charge in [0.15, 0.2) is 12.4 Å². The molecule has 0 bridgehead atoms. The lowest BCUT2D eigenvalue weighted by atomic mass is 10.0. The van der Waals surface area contributed by atoms with Gasteiger partial charge in [0.25, 0.3) is 3.79 Å². The molecule has 0 heterocycles. The fourth-order valence-corrected chi connectivity index (χ4v) is 1.04. The molecule has 0 aromatic rings. The van der Waals surface area contributed by atoms with Gasteiger partial charge in [0.05, 0.1) is 6.61 Å². The van der Waals surface area contributed by atoms with E-state index in [1.807, 2.05) is 0 Å². The third kappa shape index (κ3) is 5.23. The third-order valence-corrected chi connectivity index (χ3v) is 2.43. The Morgan fingerprint density at radius 2 is 1.78 bits per heavy atom. The molecule has 0 fully saturated rings. The van der Waals surface area contributed by atoms with Crippen molar-refractivity contribution in [1.82, 2.24) is 0 Å². The summed E-state index contributed by atoms with van der Waals surface area (Å²) in [5.41, 5.74) is 0. The number of aliphatic hydroxyl groups is 4. The lowest BCUT2D eigenvalue weighted by molar-refractivity contribution is -0.134. The minimum atomic E-state index is -2.23. The van der Waals surface area contributed by atoms with Gasteiger partial charge >= 0.3 is 0 Å². The highest BCUT2D eigenvalue weighted by Crippen LogP contribution is 2.28. The predicted molar refractivity (Wildman–Crippen MR) is 64.1 cm³/mol. The first-order valence-corrected chi connectivity index (χ1v) is 5.71. The highest BCUT2D eigenvalue weighted by atomic mass is 35.6. The molecule has 0 radical (unpaired) electrons. The number of nitrogens with one attached hydrogen (secondary N) is 1. The molecule has 0 unspecified atom stereocenters. The van der Waals surface area contributed by atoms with Crippen LogP contribution >= 0.6 is 34.8 Å². The molecule has 0 rings (SSSR count). The van der Waals surface area contributed by atoms with Gasteiger partial charge in [-0.15, -0.1) is 0 Å². The molecule has 5 N–H and O–H groups in total. The fourth-order valence-electron chi connectivity index (χ4n) is 0.911. The minimum absolute atomic E-state index is 0.0585. The number of hydrogen-bond donors (Lipinski definition) is 5. The summed E-state index contributed by atoms with van der Waals surface area (Å²) >= 11 is 15.9. The number of hydrogen-bond acceptors (Lipinski definition) is 7. The lowest BCUT2D eigenvalue weighted by Gasteiger charge is -2.27. The Hall–Kier alpha value is -0.150. The largest absolute Gasteiger partial charge is 0.464 e. The van der Waals surface area contributed by atoms with Crippen LogP contribution in [0.1, 0.15) is 0 Å². The molecular formula is C8H12Cl3NO6. The Morgan fingerprint density at radius 3 is 2.11 bits per heavy atom. The smallest absolute Gasteiger partial charge is 0.265 e. The van der Waals surface area contributed by atoms with E-state index >= 15 is 0 Å². The molecule has 0 amide bonds. The van der Waals surface area contributed by atoms with Crippen molar-refractivity contribution in [2.45, 2.75) is 28.2 Å². The first kappa shape index (κ1) is 17.8. The zero-order chi connectivity index (χ0) is 14.5. The Morgan fingerprint density at radius 1 is 1.28 bits per heavy atom. The summed E-state index contributed by atoms with van der Waals surface area (Å²) in [5, 5.41) is 43.6. The van der Waals surface area contributed by atoms with Crippen LogP contribution in [0.15, 0.2) is 0 Å². The molecular weight excluding hydrogens is 312 g/mol. The lowest BCUT2D eigenvalue weighted by Crippen LogP contribution is -2.48. The SMILES string of the molecule is N=C(O[C@@H](C=O)[C@@H](O)[C@H](O)[C@H](O)CO)C(Cl)(Cl)Cl. The Kier molecular flexibility index (Phi) is 7.38. The number of halogens is 3. The fraction of sp³-hybridized carbons (Fsp3) is 0.750. The van der Waals surface area contributed by atoms with Crippen molar-refractivity contribution >= 4 is 47.0 Å². The summed E-state index contributed by atoms with van der Waals surface area (Å²) in [4.78, 5) is 10.7. The Labute approximate surface area is 117 Å². The van der Waals surface area contributed by atoms with Crippen LogP contribution in [0.25, 0.3) is 0 Å². The van der Waals surface area contributed by atoms with Crippen molar-refractivity contribution in [3.8, 4) is 0 Å². The van der Waals surface area contributed by atoms with Crippen LogP contribution in [-0.2, 0) is 9.53 Å². The van der Waals surface area contributed by atoms with Gasteiger partial charge in [-0.25, -0.2) is 0 Å². The highest BCUT2D eigenvalue weighted by Gasteiger charge is 2.37. The van der Waals surface area contributed by atoms with Gasteiger partial charge in [-0.2, -0.15) is 0 Å². The molecule has 0 aromatic carbocycles. The van der Waals surface area contributed by atoms with Crippen LogP contribution in [0.5, 0.6) is 0 Å². The summed E-state index contributed by atoms with van der Waals surface area (Å²) in [6.07, 6.45) is -7.13. The number of carbonyl (C=O) groups is 1. The van der Waals surface area contributed by atoms with Gasteiger partial charge in [0.2, 0.25) is 5.90 Å². The first-order valence-electron chi connectivity index (χ1n) is 4.57. The molecule has 0 aliphatic heterocycles. The van der Waals surface area contributed by atoms with E-state index in [-0.39, 0.29) is 6.29 Å². The van der Waals surface area contributed by atoms with Crippen molar-refractivity contribution in [3.05, 3.63) is 0 Å². The van der Waals surface area contributed by atoms with E-state index in [1.54, 1.807) is 0 Å². The number of carbonyl (C=O) groups excluding carboxylic acids is 1. The summed E-state index contributed by atoms with van der Waals surface area (Å²) in [6, 6.07) is 0. The maximum atomic E-state index is 10.7. The molecule has 0 aromatic heterocycles. The molecule has 0 saturated carbocycles. The van der Waals surface area contributed by atoms with Crippen molar-refractivity contribution in [2.24, 2.45) is 0 Å². The second-order valence-electron chi connectivity index (χ2n) is 3.28. The second kappa shape index (κ2) is 7.44. The van der Waals surface area contributed by atoms with E-state index in [2.05, 4.69) is 4.74 Å². The molecule has 0 aliphatic rings. The second-order valence-corrected chi connectivity index (χ2v) is 5.56. The van der Waals surface area contributed by atoms with Crippen LogP contribution in [-0.4, -0.2) is 67.4 Å². The molecule has 10 heteroatoms. The normalized spacial score (nSPS) is 18.6. The number of ether oxygens (including phenoxy) is 1. The minimum Gasteiger partial charge on any atom is -0.464 e. The summed E-state index contributed by atoms with van der Waals surface area (Å²) in [6.45, 7) is -0.842. The van der Waals surface area contributed by atoms with Gasteiger partial charge in [-0.3, -0.25) is 10.2 Å². The van der Waals surface area contributed by atoms with Crippen LogP contribution in [0.4, 0.5) is 0 Å². The maximum absolute atomic E-state index is 10.7. The topological polar surface area (TPSA) is 131 Å². The third-order valence-electron chi connectivity index (χ3n) is 1.91. The molecule has 0 aliphatic carbocycles. The zero-order valence-electron chi connectivity index (χ0n) is 8.83. The Balaban J connectivity index is 4.69. The number of aldehydes is 1. The van der Waals surface area contributed by atoms with Gasteiger partial charge in [-0.1, -0.05) is 34.8 Å². The van der Waals surface area contributed by atoms with Crippen LogP contribution in [0, 0.1) is 5.41 Å². The highest BCUT2D eigenvalue weighted by molar-refractivity contribution is 6.76. The number of alkyl halides is 3. The molecule has 106 valence electrons.